The van der Waals surface area contributed by atoms with Crippen molar-refractivity contribution in [1.29, 1.82) is 0 Å². The summed E-state index contributed by atoms with van der Waals surface area (Å²) in [4.78, 5) is 5.34. The largest absolute Gasteiger partial charge is 0.357 e. The van der Waals surface area contributed by atoms with Crippen LogP contribution in [0.4, 0.5) is 0 Å². The third-order valence-electron chi connectivity index (χ3n) is 12.4. The van der Waals surface area contributed by atoms with Gasteiger partial charge in [0, 0.05) is 29.6 Å². The number of rotatable bonds is 8. The van der Waals surface area contributed by atoms with Crippen molar-refractivity contribution in [2.75, 3.05) is 0 Å². The van der Waals surface area contributed by atoms with Crippen LogP contribution in [0.2, 0.25) is 0 Å². The van der Waals surface area contributed by atoms with E-state index < -0.39 is 0 Å². The smallest absolute Gasteiger partial charge is 0.128 e. The van der Waals surface area contributed by atoms with Crippen LogP contribution in [-0.2, 0) is 0 Å². The predicted molar refractivity (Wildman–Crippen MR) is 212 cm³/mol. The lowest BCUT2D eigenvalue weighted by Gasteiger charge is -2.43. The van der Waals surface area contributed by atoms with Gasteiger partial charge in [-0.25, -0.2) is 4.99 Å². The first-order valence-corrected chi connectivity index (χ1v) is 19.8. The van der Waals surface area contributed by atoms with Gasteiger partial charge in [-0.3, -0.25) is 5.32 Å². The highest BCUT2D eigenvalue weighted by molar-refractivity contribution is 5.88. The fourth-order valence-corrected chi connectivity index (χ4v) is 9.95. The van der Waals surface area contributed by atoms with Crippen LogP contribution in [0.3, 0.4) is 0 Å². The summed E-state index contributed by atoms with van der Waals surface area (Å²) in [6, 6.07) is 9.37. The molecule has 0 spiro atoms. The average Bonchev–Trinajstić information content (AvgIpc) is 3.20. The summed E-state index contributed by atoms with van der Waals surface area (Å²) >= 11 is 0. The van der Waals surface area contributed by atoms with Crippen molar-refractivity contribution >= 4 is 11.4 Å². The van der Waals surface area contributed by atoms with E-state index in [2.05, 4.69) is 134 Å². The van der Waals surface area contributed by atoms with Crippen LogP contribution in [0.1, 0.15) is 102 Å². The fourth-order valence-electron chi connectivity index (χ4n) is 9.95. The molecule has 1 aliphatic heterocycles. The maximum Gasteiger partial charge on any atom is 0.128 e. The number of hydrogen-bond acceptors (Lipinski definition) is 3. The zero-order valence-electron chi connectivity index (χ0n) is 30.2. The number of hydrogen-bond donors (Lipinski definition) is 2. The van der Waals surface area contributed by atoms with E-state index >= 15 is 0 Å². The first-order valence-electron chi connectivity index (χ1n) is 19.8. The van der Waals surface area contributed by atoms with Crippen LogP contribution >= 0.6 is 0 Å². The Labute approximate surface area is 300 Å². The number of amidine groups is 1. The van der Waals surface area contributed by atoms with Gasteiger partial charge in [0.2, 0.25) is 0 Å². The molecule has 0 radical (unpaired) electrons. The van der Waals surface area contributed by atoms with Crippen LogP contribution in [-0.4, -0.2) is 18.2 Å². The predicted octanol–water partition coefficient (Wildman–Crippen LogP) is 11.1. The molecule has 8 rings (SSSR count). The lowest BCUT2D eigenvalue weighted by Crippen LogP contribution is -2.59. The lowest BCUT2D eigenvalue weighted by molar-refractivity contribution is 0.297. The quantitative estimate of drug-likeness (QED) is 0.272. The van der Waals surface area contributed by atoms with Crippen molar-refractivity contribution in [3.63, 3.8) is 0 Å². The molecule has 3 heteroatoms. The normalized spacial score (nSPS) is 32.0. The van der Waals surface area contributed by atoms with E-state index in [1.165, 1.54) is 41.5 Å². The molecule has 50 heavy (non-hydrogen) atoms. The molecule has 2 N–H and O–H groups in total. The van der Waals surface area contributed by atoms with Crippen LogP contribution in [0.5, 0.6) is 0 Å². The summed E-state index contributed by atoms with van der Waals surface area (Å²) in [5, 5.41) is 8.05. The highest BCUT2D eigenvalue weighted by Crippen LogP contribution is 2.52. The van der Waals surface area contributed by atoms with E-state index in [9.17, 15) is 0 Å². The minimum Gasteiger partial charge on any atom is -0.357 e. The molecule has 0 bridgehead atoms. The Hall–Kier alpha value is -3.95. The zero-order chi connectivity index (χ0) is 33.9. The summed E-state index contributed by atoms with van der Waals surface area (Å²) in [6.07, 6.45) is 45.5. The van der Waals surface area contributed by atoms with Crippen LogP contribution in [0, 0.1) is 23.7 Å². The third-order valence-corrected chi connectivity index (χ3v) is 12.4. The molecule has 0 aromatic heterocycles. The molecule has 0 fully saturated rings. The number of aliphatic imine (C=N–C) groups is 1. The lowest BCUT2D eigenvalue weighted by atomic mass is 9.64. The van der Waals surface area contributed by atoms with Gasteiger partial charge in [0.25, 0.3) is 0 Å². The molecule has 3 nitrogen and oxygen atoms in total. The standard InChI is InChI=1S/C47H55N3/c1-3-37(32-18-8-5-9-19-32)38(4-2)42-29-28-36(31-44(42)43-30-35-24-14-15-25-39(35)40-26-16-17-27-41(40)43)47-49-45(33-20-10-6-11-21-33)48-46(50-47)34-22-12-7-13-23-34/h5-6,8-12,15-18,20,22-23,25-27,31-33,36,42-43,46-47,50H,3-4,7,13-14,19,21,24,28-30H2,1-2H3,(H,48,49)/b38-37-. The van der Waals surface area contributed by atoms with E-state index in [1.54, 1.807) is 22.3 Å². The molecule has 0 amide bonds. The highest BCUT2D eigenvalue weighted by atomic mass is 15.3. The van der Waals surface area contributed by atoms with Crippen molar-refractivity contribution in [3.05, 3.63) is 148 Å². The van der Waals surface area contributed by atoms with Gasteiger partial charge in [-0.2, -0.15) is 0 Å². The molecular formula is C47H55N3. The topological polar surface area (TPSA) is 36.4 Å². The molecule has 258 valence electrons. The number of nitrogens with one attached hydrogen (secondary N) is 2. The molecule has 1 aromatic rings. The maximum absolute atomic E-state index is 5.34. The van der Waals surface area contributed by atoms with E-state index in [1.807, 2.05) is 0 Å². The molecule has 0 saturated heterocycles. The second kappa shape index (κ2) is 15.1. The van der Waals surface area contributed by atoms with E-state index in [0.29, 0.717) is 29.6 Å². The number of nitrogens with zero attached hydrogens (tertiary/aromatic N) is 1. The monoisotopic (exact) mass is 661 g/mol. The Morgan fingerprint density at radius 3 is 2.46 bits per heavy atom. The minimum absolute atomic E-state index is 0.0113. The number of fused-ring (bicyclic) bond motifs is 2. The van der Waals surface area contributed by atoms with E-state index in [4.69, 9.17) is 4.99 Å². The van der Waals surface area contributed by atoms with Crippen molar-refractivity contribution in [2.45, 2.75) is 103 Å². The van der Waals surface area contributed by atoms with Gasteiger partial charge in [0.1, 0.15) is 12.0 Å². The zero-order valence-corrected chi connectivity index (χ0v) is 30.2. The maximum atomic E-state index is 5.34. The van der Waals surface area contributed by atoms with Gasteiger partial charge in [-0.15, -0.1) is 0 Å². The molecule has 7 atom stereocenters. The number of allylic oxidation sites excluding steroid dienone is 16. The van der Waals surface area contributed by atoms with Gasteiger partial charge in [-0.05, 0) is 92.9 Å². The molecular weight excluding hydrogens is 607 g/mol. The average molecular weight is 662 g/mol. The summed E-state index contributed by atoms with van der Waals surface area (Å²) in [6.45, 7) is 4.82. The first-order chi connectivity index (χ1) is 24.7. The van der Waals surface area contributed by atoms with Crippen molar-refractivity contribution in [3.8, 4) is 0 Å². The molecule has 1 heterocycles. The fraction of sp³-hybridized carbons (Fsp3) is 0.426. The van der Waals surface area contributed by atoms with Gasteiger partial charge in [0.05, 0.1) is 6.17 Å². The van der Waals surface area contributed by atoms with Gasteiger partial charge in [0.15, 0.2) is 0 Å². The van der Waals surface area contributed by atoms with Crippen molar-refractivity contribution in [2.24, 2.45) is 28.7 Å². The molecule has 7 unspecified atom stereocenters. The summed E-state index contributed by atoms with van der Waals surface area (Å²) in [5.74, 6) is 3.23. The Kier molecular flexibility index (Phi) is 10.0. The minimum atomic E-state index is -0.0113. The van der Waals surface area contributed by atoms with E-state index in [-0.39, 0.29) is 12.3 Å². The summed E-state index contributed by atoms with van der Waals surface area (Å²) in [7, 11) is 0. The Balaban J connectivity index is 1.21. The summed E-state index contributed by atoms with van der Waals surface area (Å²) < 4.78 is 0. The third kappa shape index (κ3) is 6.62. The number of benzene rings is 1. The van der Waals surface area contributed by atoms with Gasteiger partial charge in [-0.1, -0.05) is 145 Å². The van der Waals surface area contributed by atoms with Crippen LogP contribution in [0.15, 0.2) is 142 Å². The molecule has 0 saturated carbocycles. The highest BCUT2D eigenvalue weighted by Gasteiger charge is 2.39. The molecule has 7 aliphatic rings. The van der Waals surface area contributed by atoms with E-state index in [0.717, 1.165) is 57.2 Å². The second-order valence-corrected chi connectivity index (χ2v) is 15.2. The van der Waals surface area contributed by atoms with Crippen molar-refractivity contribution < 1.29 is 0 Å². The first kappa shape index (κ1) is 33.2. The second-order valence-electron chi connectivity index (χ2n) is 15.2. The van der Waals surface area contributed by atoms with Crippen LogP contribution < -0.4 is 10.6 Å². The summed E-state index contributed by atoms with van der Waals surface area (Å²) in [5.41, 5.74) is 12.5. The van der Waals surface area contributed by atoms with Crippen molar-refractivity contribution in [1.82, 2.24) is 10.6 Å². The molecule has 1 aromatic carbocycles. The van der Waals surface area contributed by atoms with Crippen LogP contribution in [0.25, 0.3) is 5.57 Å². The Morgan fingerprint density at radius 2 is 1.68 bits per heavy atom. The Bertz CT molecular complexity index is 1800. The SMILES string of the molecule is CC/C(=C(\CC)C1CCC(C2NC(C3C=CC=CC3)=NC(C3=CCCC=C3)N2)C=C1C1CC2=C(C=CCC2)c2ccccc21)C1C=CC=CC1. The molecule has 6 aliphatic carbocycles. The Morgan fingerprint density at radius 1 is 0.840 bits per heavy atom. The van der Waals surface area contributed by atoms with Gasteiger partial charge < -0.3 is 5.32 Å². The van der Waals surface area contributed by atoms with Gasteiger partial charge >= 0.3 is 0 Å².